The van der Waals surface area contributed by atoms with Crippen LogP contribution in [0.15, 0.2) is 67.3 Å². The van der Waals surface area contributed by atoms with E-state index in [4.69, 9.17) is 14.2 Å². The topological polar surface area (TPSA) is 27.7 Å². The summed E-state index contributed by atoms with van der Waals surface area (Å²) >= 11 is 0. The standard InChI is InChI=1S/C24H32O3/c1-6-16-27-24(3,4)23(17-20-10-8-7-9-11-20)19(2)26-18-21-12-14-22(25-5)15-13-21/h6-15,19,23H,1,16-18H2,2-5H3. The molecular weight excluding hydrogens is 336 g/mol. The number of ether oxygens (including phenoxy) is 3. The van der Waals surface area contributed by atoms with Crippen LogP contribution in [0, 0.1) is 5.92 Å². The van der Waals surface area contributed by atoms with Gasteiger partial charge in [-0.3, -0.25) is 0 Å². The van der Waals surface area contributed by atoms with Crippen LogP contribution < -0.4 is 4.74 Å². The summed E-state index contributed by atoms with van der Waals surface area (Å²) < 4.78 is 17.6. The molecule has 146 valence electrons. The summed E-state index contributed by atoms with van der Waals surface area (Å²) in [5, 5.41) is 0. The molecule has 2 aromatic carbocycles. The Hall–Kier alpha value is -2.10. The highest BCUT2D eigenvalue weighted by atomic mass is 16.5. The lowest BCUT2D eigenvalue weighted by Crippen LogP contribution is -2.43. The Balaban J connectivity index is 2.08. The molecule has 2 aromatic rings. The predicted octanol–water partition coefficient (Wildman–Crippen LogP) is 5.44. The van der Waals surface area contributed by atoms with Gasteiger partial charge in [0.25, 0.3) is 0 Å². The maximum Gasteiger partial charge on any atom is 0.118 e. The molecule has 3 heteroatoms. The van der Waals surface area contributed by atoms with Gasteiger partial charge >= 0.3 is 0 Å². The molecule has 0 spiro atoms. The molecule has 27 heavy (non-hydrogen) atoms. The molecule has 0 bridgehead atoms. The number of methoxy groups -OCH3 is 1. The van der Waals surface area contributed by atoms with Gasteiger partial charge in [0.2, 0.25) is 0 Å². The second kappa shape index (κ2) is 10.3. The van der Waals surface area contributed by atoms with Crippen LogP contribution >= 0.6 is 0 Å². The maximum absolute atomic E-state index is 6.26. The smallest absolute Gasteiger partial charge is 0.118 e. The molecule has 0 amide bonds. The zero-order valence-corrected chi connectivity index (χ0v) is 17.0. The Kier molecular flexibility index (Phi) is 8.08. The van der Waals surface area contributed by atoms with E-state index in [1.807, 2.05) is 30.3 Å². The van der Waals surface area contributed by atoms with Crippen LogP contribution in [-0.2, 0) is 22.5 Å². The van der Waals surface area contributed by atoms with Crippen molar-refractivity contribution in [3.63, 3.8) is 0 Å². The lowest BCUT2D eigenvalue weighted by Gasteiger charge is -2.38. The highest BCUT2D eigenvalue weighted by molar-refractivity contribution is 5.26. The number of hydrogen-bond acceptors (Lipinski definition) is 3. The van der Waals surface area contributed by atoms with Crippen molar-refractivity contribution >= 4 is 0 Å². The fourth-order valence-corrected chi connectivity index (χ4v) is 3.29. The summed E-state index contributed by atoms with van der Waals surface area (Å²) in [6.07, 6.45) is 2.73. The minimum absolute atomic E-state index is 0.0344. The van der Waals surface area contributed by atoms with Gasteiger partial charge < -0.3 is 14.2 Å². The van der Waals surface area contributed by atoms with Gasteiger partial charge in [0, 0.05) is 5.92 Å². The predicted molar refractivity (Wildman–Crippen MR) is 111 cm³/mol. The van der Waals surface area contributed by atoms with Crippen molar-refractivity contribution in [1.29, 1.82) is 0 Å². The van der Waals surface area contributed by atoms with Crippen molar-refractivity contribution in [2.24, 2.45) is 5.92 Å². The lowest BCUT2D eigenvalue weighted by atomic mass is 9.81. The molecule has 0 aromatic heterocycles. The van der Waals surface area contributed by atoms with Crippen molar-refractivity contribution < 1.29 is 14.2 Å². The van der Waals surface area contributed by atoms with Crippen molar-refractivity contribution in [1.82, 2.24) is 0 Å². The van der Waals surface area contributed by atoms with Crippen molar-refractivity contribution in [3.05, 3.63) is 78.4 Å². The molecule has 0 radical (unpaired) electrons. The van der Waals surface area contributed by atoms with E-state index >= 15 is 0 Å². The fourth-order valence-electron chi connectivity index (χ4n) is 3.29. The van der Waals surface area contributed by atoms with Gasteiger partial charge in [-0.2, -0.15) is 0 Å². The first-order chi connectivity index (χ1) is 13.0. The number of hydrogen-bond donors (Lipinski definition) is 0. The Morgan fingerprint density at radius 1 is 1.00 bits per heavy atom. The molecule has 0 saturated heterocycles. The van der Waals surface area contributed by atoms with Gasteiger partial charge in [-0.1, -0.05) is 48.5 Å². The van der Waals surface area contributed by atoms with Gasteiger partial charge in [-0.25, -0.2) is 0 Å². The fraction of sp³-hybridized carbons (Fsp3) is 0.417. The van der Waals surface area contributed by atoms with Crippen LogP contribution in [0.3, 0.4) is 0 Å². The van der Waals surface area contributed by atoms with E-state index < -0.39 is 0 Å². The first kappa shape index (κ1) is 21.2. The Morgan fingerprint density at radius 2 is 1.67 bits per heavy atom. The van der Waals surface area contributed by atoms with Gasteiger partial charge in [-0.05, 0) is 50.5 Å². The molecule has 3 nitrogen and oxygen atoms in total. The molecule has 0 saturated carbocycles. The summed E-state index contributed by atoms with van der Waals surface area (Å²) in [5.41, 5.74) is 2.09. The van der Waals surface area contributed by atoms with E-state index in [2.05, 4.69) is 51.6 Å². The summed E-state index contributed by atoms with van der Waals surface area (Å²) in [5.74, 6) is 1.06. The monoisotopic (exact) mass is 368 g/mol. The Morgan fingerprint density at radius 3 is 2.26 bits per heavy atom. The van der Waals surface area contributed by atoms with E-state index in [1.165, 1.54) is 5.56 Å². The van der Waals surface area contributed by atoms with Crippen LogP contribution in [0.25, 0.3) is 0 Å². The summed E-state index contributed by atoms with van der Waals surface area (Å²) in [6, 6.07) is 18.5. The highest BCUT2D eigenvalue weighted by Crippen LogP contribution is 2.30. The second-order valence-corrected chi connectivity index (χ2v) is 7.36. The normalized spacial score (nSPS) is 13.8. The molecule has 2 unspecified atom stereocenters. The van der Waals surface area contributed by atoms with Crippen LogP contribution in [0.4, 0.5) is 0 Å². The molecule has 0 fully saturated rings. The van der Waals surface area contributed by atoms with Gasteiger partial charge in [0.1, 0.15) is 5.75 Å². The molecule has 0 aliphatic rings. The van der Waals surface area contributed by atoms with Crippen molar-refractivity contribution in [2.75, 3.05) is 13.7 Å². The van der Waals surface area contributed by atoms with E-state index in [0.717, 1.165) is 17.7 Å². The van der Waals surface area contributed by atoms with Gasteiger partial charge in [-0.15, -0.1) is 6.58 Å². The third-order valence-corrected chi connectivity index (χ3v) is 5.00. The van der Waals surface area contributed by atoms with E-state index in [1.54, 1.807) is 13.2 Å². The molecule has 0 N–H and O–H groups in total. The van der Waals surface area contributed by atoms with Crippen LogP contribution in [0.5, 0.6) is 5.75 Å². The van der Waals surface area contributed by atoms with Crippen LogP contribution in [0.1, 0.15) is 31.9 Å². The minimum Gasteiger partial charge on any atom is -0.497 e. The van der Waals surface area contributed by atoms with Gasteiger partial charge in [0.05, 0.1) is 32.0 Å². The zero-order valence-electron chi connectivity index (χ0n) is 17.0. The largest absolute Gasteiger partial charge is 0.497 e. The first-order valence-electron chi connectivity index (χ1n) is 9.49. The van der Waals surface area contributed by atoms with Crippen molar-refractivity contribution in [2.45, 2.75) is 45.5 Å². The molecule has 2 rings (SSSR count). The van der Waals surface area contributed by atoms with Crippen LogP contribution in [-0.4, -0.2) is 25.4 Å². The number of benzene rings is 2. The molecule has 2 atom stereocenters. The second-order valence-electron chi connectivity index (χ2n) is 7.36. The van der Waals surface area contributed by atoms with E-state index in [-0.39, 0.29) is 17.6 Å². The van der Waals surface area contributed by atoms with E-state index in [0.29, 0.717) is 13.2 Å². The number of rotatable bonds is 11. The SMILES string of the molecule is C=CCOC(C)(C)C(Cc1ccccc1)C(C)OCc1ccc(OC)cc1. The van der Waals surface area contributed by atoms with Crippen LogP contribution in [0.2, 0.25) is 0 Å². The molecule has 0 aliphatic heterocycles. The van der Waals surface area contributed by atoms with E-state index in [9.17, 15) is 0 Å². The zero-order chi connectivity index (χ0) is 19.7. The quantitative estimate of drug-likeness (QED) is 0.494. The summed E-state index contributed by atoms with van der Waals surface area (Å²) in [6.45, 7) is 11.3. The summed E-state index contributed by atoms with van der Waals surface area (Å²) in [4.78, 5) is 0. The summed E-state index contributed by atoms with van der Waals surface area (Å²) in [7, 11) is 1.67. The Bertz CT molecular complexity index is 677. The van der Waals surface area contributed by atoms with Crippen molar-refractivity contribution in [3.8, 4) is 5.75 Å². The first-order valence-corrected chi connectivity index (χ1v) is 9.49. The average molecular weight is 369 g/mol. The third-order valence-electron chi connectivity index (χ3n) is 5.00. The average Bonchev–Trinajstić information content (AvgIpc) is 2.69. The lowest BCUT2D eigenvalue weighted by molar-refractivity contribution is -0.105. The third kappa shape index (κ3) is 6.53. The highest BCUT2D eigenvalue weighted by Gasteiger charge is 2.35. The molecule has 0 aliphatic carbocycles. The molecular formula is C24H32O3. The molecule has 0 heterocycles. The maximum atomic E-state index is 6.26. The minimum atomic E-state index is -0.330. The van der Waals surface area contributed by atoms with Gasteiger partial charge in [0.15, 0.2) is 0 Å². The Labute approximate surface area is 164 Å².